The number of rotatable bonds is 41. The number of unbranched alkanes of at least 4 members (excludes halogenated alkanes) is 20. The number of amides is 1. The zero-order valence-corrected chi connectivity index (χ0v) is 34.9. The Labute approximate surface area is 318 Å². The summed E-state index contributed by atoms with van der Waals surface area (Å²) in [6, 6.07) is -0.279. The van der Waals surface area contributed by atoms with Crippen LogP contribution in [0.15, 0.2) is 12.3 Å². The first kappa shape index (κ1) is 49.9. The van der Waals surface area contributed by atoms with Crippen molar-refractivity contribution >= 4 is 5.91 Å². The second-order valence-corrected chi connectivity index (χ2v) is 15.3. The molecule has 7 heteroatoms. The topological polar surface area (TPSA) is 79.3 Å². The van der Waals surface area contributed by atoms with Crippen LogP contribution in [0.25, 0.3) is 0 Å². The van der Waals surface area contributed by atoms with Crippen LogP contribution in [0.4, 0.5) is 0 Å². The van der Waals surface area contributed by atoms with Crippen LogP contribution in [0.3, 0.4) is 0 Å². The highest BCUT2D eigenvalue weighted by atomic mass is 16.3. The third-order valence-electron chi connectivity index (χ3n) is 10.5. The average Bonchev–Trinajstić information content (AvgIpc) is 3.13. The SMILES string of the molecule is C=C(CC(NCCCN(CCO)CCO)C(=O)N(CCCCCCCC)CCCCCCCC)N(CCCCCCCC)CCCCCCCC. The summed E-state index contributed by atoms with van der Waals surface area (Å²) in [4.78, 5) is 21.3. The van der Waals surface area contributed by atoms with Gasteiger partial charge in [-0.2, -0.15) is 0 Å². The molecular weight excluding hydrogens is 633 g/mol. The molecule has 1 unspecified atom stereocenters. The van der Waals surface area contributed by atoms with Crippen molar-refractivity contribution in [3.63, 3.8) is 0 Å². The molecule has 0 rings (SSSR count). The molecule has 0 heterocycles. The lowest BCUT2D eigenvalue weighted by atomic mass is 10.1. The van der Waals surface area contributed by atoms with Crippen molar-refractivity contribution in [2.24, 2.45) is 0 Å². The Hall–Kier alpha value is -1.15. The van der Waals surface area contributed by atoms with E-state index in [0.717, 1.165) is 64.2 Å². The van der Waals surface area contributed by atoms with Gasteiger partial charge in [0.1, 0.15) is 0 Å². The van der Waals surface area contributed by atoms with Crippen molar-refractivity contribution in [2.75, 3.05) is 65.6 Å². The van der Waals surface area contributed by atoms with Crippen molar-refractivity contribution < 1.29 is 15.0 Å². The molecule has 0 aliphatic carbocycles. The van der Waals surface area contributed by atoms with Crippen molar-refractivity contribution in [3.8, 4) is 0 Å². The van der Waals surface area contributed by atoms with Crippen molar-refractivity contribution in [1.82, 2.24) is 20.0 Å². The highest BCUT2D eigenvalue weighted by Crippen LogP contribution is 2.18. The zero-order valence-electron chi connectivity index (χ0n) is 34.9. The minimum absolute atomic E-state index is 0.0905. The van der Waals surface area contributed by atoms with E-state index >= 15 is 0 Å². The lowest BCUT2D eigenvalue weighted by Crippen LogP contribution is -2.49. The standard InChI is InChI=1S/C44H90N4O3/c1-6-10-14-18-22-26-33-47(34-27-23-19-15-11-7-2)42(5)41-43(45-31-30-32-46(37-39-49)38-40-50)44(51)48(35-28-24-20-16-12-8-3)36-29-25-21-17-13-9-4/h43,45,49-50H,5-41H2,1-4H3. The number of nitrogens with one attached hydrogen (secondary N) is 1. The van der Waals surface area contributed by atoms with Gasteiger partial charge in [-0.25, -0.2) is 0 Å². The summed E-state index contributed by atoms with van der Waals surface area (Å²) >= 11 is 0. The Kier molecular flexibility index (Phi) is 37.7. The molecule has 0 bridgehead atoms. The largest absolute Gasteiger partial charge is 0.395 e. The van der Waals surface area contributed by atoms with E-state index in [-0.39, 0.29) is 25.2 Å². The van der Waals surface area contributed by atoms with E-state index in [1.54, 1.807) is 0 Å². The van der Waals surface area contributed by atoms with Gasteiger partial charge < -0.3 is 25.3 Å². The van der Waals surface area contributed by atoms with E-state index in [4.69, 9.17) is 0 Å². The van der Waals surface area contributed by atoms with Crippen LogP contribution in [-0.4, -0.2) is 102 Å². The first-order valence-corrected chi connectivity index (χ1v) is 22.4. The number of carbonyl (C=O) groups is 1. The molecule has 0 fully saturated rings. The van der Waals surface area contributed by atoms with Crippen molar-refractivity contribution in [2.45, 2.75) is 201 Å². The summed E-state index contributed by atoms with van der Waals surface area (Å²) in [5.41, 5.74) is 1.12. The Bertz CT molecular complexity index is 714. The summed E-state index contributed by atoms with van der Waals surface area (Å²) in [5, 5.41) is 22.7. The Morgan fingerprint density at radius 1 is 0.490 bits per heavy atom. The van der Waals surface area contributed by atoms with Crippen LogP contribution in [0.1, 0.15) is 195 Å². The molecule has 1 amide bonds. The summed E-state index contributed by atoms with van der Waals surface area (Å²) in [7, 11) is 0. The van der Waals surface area contributed by atoms with Gasteiger partial charge in [0.15, 0.2) is 0 Å². The quantitative estimate of drug-likeness (QED) is 0.0546. The smallest absolute Gasteiger partial charge is 0.240 e. The molecule has 1 atom stereocenters. The fourth-order valence-electron chi connectivity index (χ4n) is 7.12. The van der Waals surface area contributed by atoms with Crippen LogP contribution in [0.2, 0.25) is 0 Å². The van der Waals surface area contributed by atoms with Gasteiger partial charge in [-0.15, -0.1) is 0 Å². The molecule has 0 spiro atoms. The number of aliphatic hydroxyl groups is 2. The molecule has 0 aromatic carbocycles. The van der Waals surface area contributed by atoms with Crippen LogP contribution < -0.4 is 5.32 Å². The van der Waals surface area contributed by atoms with E-state index in [1.165, 1.54) is 141 Å². The zero-order chi connectivity index (χ0) is 37.6. The third-order valence-corrected chi connectivity index (χ3v) is 10.5. The lowest BCUT2D eigenvalue weighted by Gasteiger charge is -2.32. The highest BCUT2D eigenvalue weighted by Gasteiger charge is 2.26. The Balaban J connectivity index is 5.79. The van der Waals surface area contributed by atoms with Gasteiger partial charge in [-0.05, 0) is 45.2 Å². The first-order valence-electron chi connectivity index (χ1n) is 22.4. The van der Waals surface area contributed by atoms with Gasteiger partial charge in [0.2, 0.25) is 5.91 Å². The van der Waals surface area contributed by atoms with Crippen LogP contribution in [0.5, 0.6) is 0 Å². The molecule has 0 saturated carbocycles. The molecule has 3 N–H and O–H groups in total. The van der Waals surface area contributed by atoms with E-state index in [0.29, 0.717) is 19.5 Å². The Morgan fingerprint density at radius 3 is 1.22 bits per heavy atom. The van der Waals surface area contributed by atoms with E-state index in [1.807, 2.05) is 0 Å². The number of nitrogens with zero attached hydrogens (tertiary/aromatic N) is 3. The maximum atomic E-state index is 14.5. The number of hydrogen-bond acceptors (Lipinski definition) is 6. The fourth-order valence-corrected chi connectivity index (χ4v) is 7.12. The van der Waals surface area contributed by atoms with E-state index in [9.17, 15) is 15.0 Å². The summed E-state index contributed by atoms with van der Waals surface area (Å²) < 4.78 is 0. The summed E-state index contributed by atoms with van der Waals surface area (Å²) in [6.07, 6.45) is 31.7. The van der Waals surface area contributed by atoms with Gasteiger partial charge in [0.05, 0.1) is 19.3 Å². The van der Waals surface area contributed by atoms with Crippen LogP contribution in [-0.2, 0) is 4.79 Å². The normalized spacial score (nSPS) is 12.1. The van der Waals surface area contributed by atoms with Gasteiger partial charge >= 0.3 is 0 Å². The summed E-state index contributed by atoms with van der Waals surface area (Å²) in [6.45, 7) is 20.4. The number of aliphatic hydroxyl groups excluding tert-OH is 2. The first-order chi connectivity index (χ1) is 25.0. The lowest BCUT2D eigenvalue weighted by molar-refractivity contribution is -0.133. The van der Waals surface area contributed by atoms with Gasteiger partial charge in [0.25, 0.3) is 0 Å². The van der Waals surface area contributed by atoms with E-state index < -0.39 is 0 Å². The predicted molar refractivity (Wildman–Crippen MR) is 222 cm³/mol. The maximum absolute atomic E-state index is 14.5. The molecule has 0 aliphatic heterocycles. The second kappa shape index (κ2) is 38.6. The molecular formula is C44H90N4O3. The molecule has 7 nitrogen and oxygen atoms in total. The fraction of sp³-hybridized carbons (Fsp3) is 0.932. The minimum Gasteiger partial charge on any atom is -0.395 e. The van der Waals surface area contributed by atoms with E-state index in [2.05, 4.69) is 54.3 Å². The average molecular weight is 723 g/mol. The molecule has 0 aliphatic rings. The molecule has 0 aromatic heterocycles. The third kappa shape index (κ3) is 29.9. The predicted octanol–water partition coefficient (Wildman–Crippen LogP) is 10.1. The van der Waals surface area contributed by atoms with Crippen LogP contribution >= 0.6 is 0 Å². The molecule has 0 radical (unpaired) electrons. The van der Waals surface area contributed by atoms with Crippen molar-refractivity contribution in [1.29, 1.82) is 0 Å². The number of hydrogen-bond donors (Lipinski definition) is 3. The van der Waals surface area contributed by atoms with Gasteiger partial charge in [0, 0.05) is 51.4 Å². The van der Waals surface area contributed by atoms with Crippen LogP contribution in [0, 0.1) is 0 Å². The number of carbonyl (C=O) groups excluding carboxylic acids is 1. The van der Waals surface area contributed by atoms with Gasteiger partial charge in [-0.3, -0.25) is 9.69 Å². The maximum Gasteiger partial charge on any atom is 0.240 e. The molecule has 304 valence electrons. The minimum atomic E-state index is -0.279. The van der Waals surface area contributed by atoms with Gasteiger partial charge in [-0.1, -0.05) is 163 Å². The second-order valence-electron chi connectivity index (χ2n) is 15.3. The van der Waals surface area contributed by atoms with Crippen molar-refractivity contribution in [3.05, 3.63) is 12.3 Å². The monoisotopic (exact) mass is 723 g/mol. The Morgan fingerprint density at radius 2 is 0.843 bits per heavy atom. The molecule has 51 heavy (non-hydrogen) atoms. The summed E-state index contributed by atoms with van der Waals surface area (Å²) in [5.74, 6) is 0.250. The molecule has 0 aromatic rings. The highest BCUT2D eigenvalue weighted by molar-refractivity contribution is 5.82. The molecule has 0 saturated heterocycles.